The van der Waals surface area contributed by atoms with Crippen molar-refractivity contribution < 1.29 is 18.8 Å². The van der Waals surface area contributed by atoms with E-state index in [1.54, 1.807) is 0 Å². The van der Waals surface area contributed by atoms with Gasteiger partial charge in [0.2, 0.25) is 0 Å². The van der Waals surface area contributed by atoms with Crippen LogP contribution in [0.25, 0.3) is 0 Å². The maximum Gasteiger partial charge on any atom is -0.197 e. The second kappa shape index (κ2) is 7830. The summed E-state index contributed by atoms with van der Waals surface area (Å²) in [6.45, 7) is 0. The fourth-order valence-electron chi connectivity index (χ4n) is 0. The molecule has 0 saturated carbocycles. The summed E-state index contributed by atoms with van der Waals surface area (Å²) < 4.78 is 0. The Morgan fingerprint density at radius 1 is 0.400 bits per heavy atom. The van der Waals surface area contributed by atoms with Crippen LogP contribution < -0.4 is 0 Å². The Hall–Kier alpha value is 0.0700. The molecule has 0 unspecified atom stereocenters. The first-order valence-electron chi connectivity index (χ1n) is 0. The van der Waals surface area contributed by atoms with E-state index in [0.717, 1.165) is 0 Å². The Labute approximate surface area is 33.5 Å². The molecule has 0 N–H and O–H groups in total. The fraction of sp³-hybridized carbons (Fsp3) is 0. The molecule has 0 nitrogen and oxygen atoms in total. The number of halogens is 4. The molecule has 5 heteroatoms. The molecule has 0 aliphatic heterocycles. The van der Waals surface area contributed by atoms with Crippen LogP contribution in [0, 0.1) is 0 Å². The van der Waals surface area contributed by atoms with Crippen LogP contribution >= 0.6 is 13.5 Å². The third-order valence-electron chi connectivity index (χ3n) is 0. The first-order valence-corrected chi connectivity index (χ1v) is 0. The van der Waals surface area contributed by atoms with Crippen LogP contribution in [0.5, 0.6) is 0 Å². The van der Waals surface area contributed by atoms with Crippen molar-refractivity contribution in [2.75, 3.05) is 0 Å². The van der Waals surface area contributed by atoms with Crippen LogP contribution in [0.2, 0.25) is 0 Å². The molecule has 0 spiro atoms. The van der Waals surface area contributed by atoms with Crippen molar-refractivity contribution in [1.29, 1.82) is 0 Å². The molecule has 0 atom stereocenters. The summed E-state index contributed by atoms with van der Waals surface area (Å²) in [5.74, 6) is 0. The van der Waals surface area contributed by atoms with Crippen LogP contribution in [-0.4, -0.2) is 0 Å². The molecular weight excluding hydrogens is 108 g/mol. The molecule has 0 saturated heterocycles. The van der Waals surface area contributed by atoms with Gasteiger partial charge in [-0.05, 0) is 0 Å². The van der Waals surface area contributed by atoms with Gasteiger partial charge in [0.15, 0.2) is 0 Å². The van der Waals surface area contributed by atoms with Gasteiger partial charge in [0.05, 0.1) is 0 Å². The zero-order valence-corrected chi connectivity index (χ0v) is 3.13. The molecule has 0 rings (SSSR count). The normalized spacial score (nSPS) is 0. The third kappa shape index (κ3) is 3560. The molecule has 0 fully saturated rings. The van der Waals surface area contributed by atoms with Crippen molar-refractivity contribution in [2.45, 2.75) is 0 Å². The van der Waals surface area contributed by atoms with E-state index in [4.69, 9.17) is 0 Å². The van der Waals surface area contributed by atoms with Crippen LogP contribution in [0.3, 0.4) is 0 Å². The van der Waals surface area contributed by atoms with Gasteiger partial charge in [-0.25, -0.2) is 0 Å². The van der Waals surface area contributed by atoms with Gasteiger partial charge in [-0.3, -0.25) is 18.8 Å². The molecule has 0 aliphatic rings. The minimum Gasteiger partial charge on any atom is -0.269 e. The highest BCUT2D eigenvalue weighted by molar-refractivity contribution is 7.59. The second-order valence-corrected chi connectivity index (χ2v) is 0. The van der Waals surface area contributed by atoms with E-state index in [9.17, 15) is 0 Å². The highest BCUT2D eigenvalue weighted by Crippen LogP contribution is 0.648. The van der Waals surface area contributed by atoms with Crippen molar-refractivity contribution >= 4 is 13.5 Å². The monoisotopic (exact) mass is 114 g/mol. The highest BCUT2D eigenvalue weighted by Gasteiger charge is -0.197. The molecule has 0 aromatic rings. The van der Waals surface area contributed by atoms with Gasteiger partial charge in [-0.2, -0.15) is 13.5 Å². The van der Waals surface area contributed by atoms with Gasteiger partial charge < -0.3 is 0 Å². The first kappa shape index (κ1) is 17100. The van der Waals surface area contributed by atoms with E-state index >= 15 is 0 Å². The van der Waals surface area contributed by atoms with Crippen molar-refractivity contribution in [3.8, 4) is 0 Å². The maximum atomic E-state index is 0. The van der Waals surface area contributed by atoms with Crippen LogP contribution in [0.4, 0.5) is 18.8 Å². The minimum atomic E-state index is 0. The van der Waals surface area contributed by atoms with Gasteiger partial charge in [0, 0.05) is 0 Å². The van der Waals surface area contributed by atoms with E-state index < -0.39 is 0 Å². The lowest BCUT2D eigenvalue weighted by Crippen LogP contribution is 0.419. The lowest BCUT2D eigenvalue weighted by molar-refractivity contribution is 1.11. The molecule has 0 bridgehead atoms. The largest absolute Gasteiger partial charge is 0.269 e. The molecule has 0 amide bonds. The Morgan fingerprint density at radius 2 is 0.400 bits per heavy atom. The zero-order chi connectivity index (χ0) is 0. The summed E-state index contributed by atoms with van der Waals surface area (Å²) in [5, 5.41) is 0. The van der Waals surface area contributed by atoms with E-state index in [-0.39, 0.29) is 32.3 Å². The smallest absolute Gasteiger partial charge is 0.197 e. The van der Waals surface area contributed by atoms with E-state index in [2.05, 4.69) is 0 Å². The number of hydrogen-bond donors (Lipinski definition) is 0. The molecule has 5 heavy (non-hydrogen) atoms. The van der Waals surface area contributed by atoms with Gasteiger partial charge in [0.1, 0.15) is 0 Å². The van der Waals surface area contributed by atoms with Gasteiger partial charge in [-0.15, -0.1) is 0 Å². The average molecular weight is 114 g/mol. The van der Waals surface area contributed by atoms with Crippen molar-refractivity contribution in [3.05, 3.63) is 0 Å². The fourth-order valence-corrected chi connectivity index (χ4v) is 0. The third-order valence-corrected chi connectivity index (χ3v) is 0. The second-order valence-electron chi connectivity index (χ2n) is 0. The van der Waals surface area contributed by atoms with E-state index in [0.29, 0.717) is 0 Å². The molecule has 40 valence electrons. The number of hydrogen-bond acceptors (Lipinski definition) is 0. The quantitative estimate of drug-likeness (QED) is 0.407. The highest BCUT2D eigenvalue weighted by atomic mass is 32.1. The van der Waals surface area contributed by atoms with Gasteiger partial charge >= 0.3 is 0 Å². The van der Waals surface area contributed by atoms with Gasteiger partial charge in [0.25, 0.3) is 0 Å². The summed E-state index contributed by atoms with van der Waals surface area (Å²) >= 11 is 0. The zero-order valence-electron chi connectivity index (χ0n) is 2.13. The van der Waals surface area contributed by atoms with Crippen LogP contribution in [-0.2, 0) is 0 Å². The maximum absolute atomic E-state index is 0. The first-order chi connectivity index (χ1) is 0. The van der Waals surface area contributed by atoms with Crippen molar-refractivity contribution in [1.82, 2.24) is 0 Å². The standard InChI is InChI=1S/4FH.H2S/h4*1H;1H2. The predicted molar refractivity (Wildman–Crippen MR) is 20.4 cm³/mol. The summed E-state index contributed by atoms with van der Waals surface area (Å²) in [5.41, 5.74) is 0. The summed E-state index contributed by atoms with van der Waals surface area (Å²) in [6, 6.07) is 0. The van der Waals surface area contributed by atoms with Crippen LogP contribution in [0.15, 0.2) is 0 Å². The predicted octanol–water partition coefficient (Wildman–Crippen LogP) is 0.723. The minimum absolute atomic E-state index is 0. The average Bonchev–Trinajstić information content (AvgIpc) is 0. The van der Waals surface area contributed by atoms with Crippen molar-refractivity contribution in [3.63, 3.8) is 0 Å². The van der Waals surface area contributed by atoms with Crippen molar-refractivity contribution in [2.24, 2.45) is 0 Å². The van der Waals surface area contributed by atoms with Gasteiger partial charge in [-0.1, -0.05) is 0 Å². The Balaban J connectivity index is 0. The Morgan fingerprint density at radius 3 is 0.400 bits per heavy atom. The molecule has 0 heterocycles. The Kier molecular flexibility index (Phi) is 26800000. The number of rotatable bonds is 0. The lowest BCUT2D eigenvalue weighted by Gasteiger charge is -0.270. The van der Waals surface area contributed by atoms with E-state index in [1.165, 1.54) is 0 Å². The topological polar surface area (TPSA) is 0 Å². The summed E-state index contributed by atoms with van der Waals surface area (Å²) in [7, 11) is 0. The molecular formula is H6F4S. The molecule has 0 aromatic heterocycles. The summed E-state index contributed by atoms with van der Waals surface area (Å²) in [6.07, 6.45) is 0. The Bertz CT molecular complexity index is 3.61. The van der Waals surface area contributed by atoms with Crippen LogP contribution in [0.1, 0.15) is 0 Å². The van der Waals surface area contributed by atoms with E-state index in [1.807, 2.05) is 0 Å². The molecule has 0 radical (unpaired) electrons. The molecule has 0 aliphatic carbocycles. The SMILES string of the molecule is F.F.F.F.S. The molecule has 0 aromatic carbocycles. The summed E-state index contributed by atoms with van der Waals surface area (Å²) in [4.78, 5) is 0. The lowest BCUT2D eigenvalue weighted by atomic mass is 19.0.